The summed E-state index contributed by atoms with van der Waals surface area (Å²) in [4.78, 5) is 37.8. The van der Waals surface area contributed by atoms with Crippen LogP contribution in [0.15, 0.2) is 24.5 Å². The predicted octanol–water partition coefficient (Wildman–Crippen LogP) is 3.49. The van der Waals surface area contributed by atoms with E-state index < -0.39 is 17.6 Å². The minimum absolute atomic E-state index is 0.0399. The van der Waals surface area contributed by atoms with Crippen molar-refractivity contribution >= 4 is 35.6 Å². The van der Waals surface area contributed by atoms with Gasteiger partial charge in [0.05, 0.1) is 18.5 Å². The van der Waals surface area contributed by atoms with Gasteiger partial charge >= 0.3 is 0 Å². The summed E-state index contributed by atoms with van der Waals surface area (Å²) in [6.07, 6.45) is 10.0. The molecule has 2 aliphatic rings. The fraction of sp³-hybridized carbons (Fsp3) is 0.522. The van der Waals surface area contributed by atoms with Gasteiger partial charge in [-0.1, -0.05) is 31.7 Å². The zero-order chi connectivity index (χ0) is 24.8. The molecule has 1 aliphatic heterocycles. The average Bonchev–Trinajstić information content (AvgIpc) is 3.56. The Kier molecular flexibility index (Phi) is 8.29. The van der Waals surface area contributed by atoms with E-state index in [2.05, 4.69) is 25.8 Å². The Labute approximate surface area is 207 Å². The molecule has 35 heavy (non-hydrogen) atoms. The SMILES string of the molecule is O=CN(O)CC(CC1CCCC1)C(=O)NNc1nc(Cl)nc(N2CCC[C@H]2c2cccnc2)c1F. The molecule has 0 aromatic carbocycles. The molecule has 1 unspecified atom stereocenters. The third-order valence-corrected chi connectivity index (χ3v) is 6.87. The number of nitrogens with zero attached hydrogens (tertiary/aromatic N) is 5. The smallest absolute Gasteiger partial charge is 0.243 e. The van der Waals surface area contributed by atoms with Crippen molar-refractivity contribution in [2.75, 3.05) is 23.4 Å². The fourth-order valence-electron chi connectivity index (χ4n) is 5.03. The summed E-state index contributed by atoms with van der Waals surface area (Å²) < 4.78 is 15.5. The maximum Gasteiger partial charge on any atom is 0.243 e. The second kappa shape index (κ2) is 11.6. The molecule has 2 aromatic heterocycles. The van der Waals surface area contributed by atoms with Gasteiger partial charge in [-0.15, -0.1) is 0 Å². The van der Waals surface area contributed by atoms with E-state index in [-0.39, 0.29) is 35.9 Å². The number of amides is 2. The Balaban J connectivity index is 1.49. The molecular weight excluding hydrogens is 477 g/mol. The van der Waals surface area contributed by atoms with Gasteiger partial charge in [0.1, 0.15) is 0 Å². The highest BCUT2D eigenvalue weighted by atomic mass is 35.5. The van der Waals surface area contributed by atoms with E-state index in [4.69, 9.17) is 11.6 Å². The fourth-order valence-corrected chi connectivity index (χ4v) is 5.19. The second-order valence-corrected chi connectivity index (χ2v) is 9.38. The first-order chi connectivity index (χ1) is 17.0. The van der Waals surface area contributed by atoms with E-state index in [1.54, 1.807) is 12.4 Å². The second-order valence-electron chi connectivity index (χ2n) is 9.04. The van der Waals surface area contributed by atoms with E-state index in [1.165, 1.54) is 0 Å². The number of halogens is 2. The lowest BCUT2D eigenvalue weighted by Gasteiger charge is -2.27. The number of hydroxylamine groups is 2. The standard InChI is InChI=1S/C23H29ClFN7O3/c24-23-27-20(29-30-22(34)17(13-31(35)14-33)11-15-5-1-2-6-15)19(25)21(28-23)32-10-4-8-18(32)16-7-3-9-26-12-16/h3,7,9,12,14-15,17-18,35H,1-2,4-6,8,10-11,13H2,(H,30,34)(H,27,28,29)/t17?,18-/m0/s1. The Morgan fingerprint density at radius 3 is 2.83 bits per heavy atom. The molecule has 0 radical (unpaired) electrons. The summed E-state index contributed by atoms with van der Waals surface area (Å²) in [7, 11) is 0. The minimum atomic E-state index is -0.741. The van der Waals surface area contributed by atoms with E-state index in [1.807, 2.05) is 17.0 Å². The van der Waals surface area contributed by atoms with Crippen LogP contribution < -0.4 is 15.8 Å². The van der Waals surface area contributed by atoms with Crippen molar-refractivity contribution in [3.8, 4) is 0 Å². The summed E-state index contributed by atoms with van der Waals surface area (Å²) in [6, 6.07) is 3.66. The predicted molar refractivity (Wildman–Crippen MR) is 127 cm³/mol. The molecule has 1 aliphatic carbocycles. The number of aromatic nitrogens is 3. The number of hydrazine groups is 1. The van der Waals surface area contributed by atoms with Crippen LogP contribution >= 0.6 is 11.6 Å². The first kappa shape index (κ1) is 25.1. The molecule has 188 valence electrons. The van der Waals surface area contributed by atoms with Crippen molar-refractivity contribution in [2.24, 2.45) is 11.8 Å². The highest BCUT2D eigenvalue weighted by molar-refractivity contribution is 6.28. The molecule has 3 N–H and O–H groups in total. The van der Waals surface area contributed by atoms with Crippen LogP contribution in [0.4, 0.5) is 16.0 Å². The van der Waals surface area contributed by atoms with Gasteiger partial charge in [-0.3, -0.25) is 30.6 Å². The third-order valence-electron chi connectivity index (χ3n) is 6.70. The number of anilines is 2. The number of hydrogen-bond donors (Lipinski definition) is 3. The van der Waals surface area contributed by atoms with Gasteiger partial charge in [0.2, 0.25) is 23.4 Å². The molecule has 2 amide bonds. The van der Waals surface area contributed by atoms with E-state index >= 15 is 4.39 Å². The summed E-state index contributed by atoms with van der Waals surface area (Å²) in [5, 5.41) is 9.93. The first-order valence-electron chi connectivity index (χ1n) is 11.8. The normalized spacial score (nSPS) is 18.9. The van der Waals surface area contributed by atoms with Gasteiger partial charge in [-0.05, 0) is 48.4 Å². The monoisotopic (exact) mass is 505 g/mol. The van der Waals surface area contributed by atoms with Gasteiger partial charge in [-0.25, -0.2) is 5.06 Å². The zero-order valence-electron chi connectivity index (χ0n) is 19.2. The van der Waals surface area contributed by atoms with Crippen molar-refractivity contribution < 1.29 is 19.2 Å². The lowest BCUT2D eigenvalue weighted by atomic mass is 9.92. The number of rotatable bonds is 10. The number of carbonyl (C=O) groups excluding carboxylic acids is 2. The summed E-state index contributed by atoms with van der Waals surface area (Å²) in [5.74, 6) is -1.78. The van der Waals surface area contributed by atoms with Gasteiger partial charge < -0.3 is 4.90 Å². The number of pyridine rings is 1. The maximum absolute atomic E-state index is 15.5. The van der Waals surface area contributed by atoms with E-state index in [0.717, 1.165) is 44.1 Å². The quantitative estimate of drug-likeness (QED) is 0.194. The molecule has 1 saturated heterocycles. The van der Waals surface area contributed by atoms with Crippen molar-refractivity contribution in [2.45, 2.75) is 51.0 Å². The molecule has 12 heteroatoms. The van der Waals surface area contributed by atoms with Crippen molar-refractivity contribution in [1.29, 1.82) is 0 Å². The molecule has 2 atom stereocenters. The molecule has 3 heterocycles. The molecule has 0 bridgehead atoms. The largest absolute Gasteiger partial charge is 0.347 e. The van der Waals surface area contributed by atoms with Crippen LogP contribution in [0.3, 0.4) is 0 Å². The van der Waals surface area contributed by atoms with Crippen LogP contribution in [-0.2, 0) is 9.59 Å². The molecule has 1 saturated carbocycles. The highest BCUT2D eigenvalue weighted by Crippen LogP contribution is 2.37. The minimum Gasteiger partial charge on any atom is -0.347 e. The average molecular weight is 506 g/mol. The third kappa shape index (κ3) is 6.15. The Morgan fingerprint density at radius 2 is 2.11 bits per heavy atom. The molecule has 10 nitrogen and oxygen atoms in total. The lowest BCUT2D eigenvalue weighted by molar-refractivity contribution is -0.154. The van der Waals surface area contributed by atoms with E-state index in [9.17, 15) is 14.8 Å². The zero-order valence-corrected chi connectivity index (χ0v) is 20.0. The molecule has 4 rings (SSSR count). The number of nitrogens with one attached hydrogen (secondary N) is 2. The topological polar surface area (TPSA) is 124 Å². The molecular formula is C23H29ClFN7O3. The Morgan fingerprint density at radius 1 is 1.31 bits per heavy atom. The van der Waals surface area contributed by atoms with Crippen molar-refractivity contribution in [3.63, 3.8) is 0 Å². The van der Waals surface area contributed by atoms with Gasteiger partial charge in [-0.2, -0.15) is 14.4 Å². The Hall–Kier alpha value is -3.05. The summed E-state index contributed by atoms with van der Waals surface area (Å²) in [6.45, 7) is 0.420. The number of carbonyl (C=O) groups is 2. The van der Waals surface area contributed by atoms with Crippen LogP contribution in [0.5, 0.6) is 0 Å². The molecule has 0 spiro atoms. The van der Waals surface area contributed by atoms with Crippen LogP contribution in [-0.4, -0.2) is 50.6 Å². The maximum atomic E-state index is 15.5. The van der Waals surface area contributed by atoms with Crippen LogP contribution in [0.1, 0.15) is 56.6 Å². The summed E-state index contributed by atoms with van der Waals surface area (Å²) in [5.41, 5.74) is 5.95. The highest BCUT2D eigenvalue weighted by Gasteiger charge is 2.32. The van der Waals surface area contributed by atoms with Gasteiger partial charge in [0.15, 0.2) is 11.6 Å². The molecule has 2 fully saturated rings. The van der Waals surface area contributed by atoms with Crippen LogP contribution in [0, 0.1) is 17.7 Å². The Bertz CT molecular complexity index is 1030. The van der Waals surface area contributed by atoms with Crippen LogP contribution in [0.2, 0.25) is 5.28 Å². The lowest BCUT2D eigenvalue weighted by Crippen LogP contribution is -2.41. The van der Waals surface area contributed by atoms with Crippen molar-refractivity contribution in [1.82, 2.24) is 25.4 Å². The van der Waals surface area contributed by atoms with Gasteiger partial charge in [0, 0.05) is 18.9 Å². The van der Waals surface area contributed by atoms with Crippen molar-refractivity contribution in [3.05, 3.63) is 41.2 Å². The van der Waals surface area contributed by atoms with Gasteiger partial charge in [0.25, 0.3) is 0 Å². The van der Waals surface area contributed by atoms with Crippen LogP contribution in [0.25, 0.3) is 0 Å². The number of hydrogen-bond acceptors (Lipinski definition) is 8. The first-order valence-corrected chi connectivity index (χ1v) is 12.2. The molecule has 2 aromatic rings. The summed E-state index contributed by atoms with van der Waals surface area (Å²) >= 11 is 6.11. The van der Waals surface area contributed by atoms with E-state index in [0.29, 0.717) is 23.9 Å².